The molecular formula is C13H17FO2. The molecule has 0 heterocycles. The largest absolute Gasteiger partial charge is 0.378 e. The average molecular weight is 224 g/mol. The van der Waals surface area contributed by atoms with E-state index >= 15 is 0 Å². The van der Waals surface area contributed by atoms with E-state index in [4.69, 9.17) is 4.74 Å². The van der Waals surface area contributed by atoms with Crippen molar-refractivity contribution in [3.8, 4) is 0 Å². The summed E-state index contributed by atoms with van der Waals surface area (Å²) in [6, 6.07) is 4.25. The third-order valence-corrected chi connectivity index (χ3v) is 2.64. The van der Waals surface area contributed by atoms with Gasteiger partial charge in [0.2, 0.25) is 0 Å². The molecule has 1 rings (SSSR count). The van der Waals surface area contributed by atoms with Crippen molar-refractivity contribution in [3.05, 3.63) is 35.1 Å². The van der Waals surface area contributed by atoms with Gasteiger partial charge in [-0.1, -0.05) is 6.07 Å². The van der Waals surface area contributed by atoms with Crippen LogP contribution in [0.15, 0.2) is 18.2 Å². The molecule has 0 saturated heterocycles. The minimum absolute atomic E-state index is 0.0937. The highest BCUT2D eigenvalue weighted by Crippen LogP contribution is 2.19. The predicted molar refractivity (Wildman–Crippen MR) is 61.2 cm³/mol. The Labute approximate surface area is 95.4 Å². The lowest BCUT2D eigenvalue weighted by atomic mass is 9.95. The fraction of sp³-hybridized carbons (Fsp3) is 0.462. The Morgan fingerprint density at radius 2 is 2.06 bits per heavy atom. The number of carbonyl (C=O) groups excluding carboxylic acids is 1. The van der Waals surface area contributed by atoms with Gasteiger partial charge in [0.05, 0.1) is 5.60 Å². The summed E-state index contributed by atoms with van der Waals surface area (Å²) in [4.78, 5) is 11.9. The molecule has 0 radical (unpaired) electrons. The van der Waals surface area contributed by atoms with Crippen LogP contribution >= 0.6 is 0 Å². The molecule has 0 aromatic heterocycles. The highest BCUT2D eigenvalue weighted by Gasteiger charge is 2.23. The van der Waals surface area contributed by atoms with E-state index in [0.717, 1.165) is 5.56 Å². The van der Waals surface area contributed by atoms with Gasteiger partial charge in [-0.3, -0.25) is 4.79 Å². The molecule has 0 atom stereocenters. The molecule has 2 nitrogen and oxygen atoms in total. The number of benzene rings is 1. The molecule has 0 aliphatic rings. The first-order valence-corrected chi connectivity index (χ1v) is 5.20. The Kier molecular flexibility index (Phi) is 3.81. The number of ether oxygens (including phenoxy) is 1. The minimum Gasteiger partial charge on any atom is -0.378 e. The Bertz CT molecular complexity index is 397. The number of hydrogen-bond donors (Lipinski definition) is 0. The molecule has 0 unspecified atom stereocenters. The van der Waals surface area contributed by atoms with Crippen molar-refractivity contribution in [2.75, 3.05) is 7.11 Å². The van der Waals surface area contributed by atoms with Crippen molar-refractivity contribution in [1.29, 1.82) is 0 Å². The van der Waals surface area contributed by atoms with Crippen LogP contribution < -0.4 is 0 Å². The number of Topliss-reactive ketones (excluding diaryl/α,β-unsaturated/α-hetero) is 1. The smallest absolute Gasteiger partial charge is 0.166 e. The highest BCUT2D eigenvalue weighted by molar-refractivity contribution is 5.98. The summed E-state index contributed by atoms with van der Waals surface area (Å²) in [5.41, 5.74) is 0.707. The fourth-order valence-electron chi connectivity index (χ4n) is 1.45. The van der Waals surface area contributed by atoms with Gasteiger partial charge < -0.3 is 4.74 Å². The van der Waals surface area contributed by atoms with Gasteiger partial charge in [0.25, 0.3) is 0 Å². The van der Waals surface area contributed by atoms with Crippen molar-refractivity contribution in [1.82, 2.24) is 0 Å². The van der Waals surface area contributed by atoms with E-state index in [2.05, 4.69) is 0 Å². The number of rotatable bonds is 4. The lowest BCUT2D eigenvalue weighted by Gasteiger charge is -2.22. The summed E-state index contributed by atoms with van der Waals surface area (Å²) >= 11 is 0. The number of halogens is 1. The van der Waals surface area contributed by atoms with Crippen LogP contribution in [0.3, 0.4) is 0 Å². The summed E-state index contributed by atoms with van der Waals surface area (Å²) in [5, 5.41) is 0. The number of hydrogen-bond acceptors (Lipinski definition) is 2. The quantitative estimate of drug-likeness (QED) is 0.734. The summed E-state index contributed by atoms with van der Waals surface area (Å²) in [6.45, 7) is 5.46. The molecule has 16 heavy (non-hydrogen) atoms. The van der Waals surface area contributed by atoms with E-state index in [1.54, 1.807) is 20.1 Å². The van der Waals surface area contributed by atoms with Crippen molar-refractivity contribution in [2.24, 2.45) is 0 Å². The zero-order chi connectivity index (χ0) is 12.3. The zero-order valence-corrected chi connectivity index (χ0v) is 10.1. The maximum atomic E-state index is 13.0. The predicted octanol–water partition coefficient (Wildman–Crippen LogP) is 3.13. The summed E-state index contributed by atoms with van der Waals surface area (Å²) in [6.07, 6.45) is 0.244. The molecule has 0 N–H and O–H groups in total. The van der Waals surface area contributed by atoms with Gasteiger partial charge >= 0.3 is 0 Å². The second kappa shape index (κ2) is 4.74. The van der Waals surface area contributed by atoms with E-state index in [9.17, 15) is 9.18 Å². The van der Waals surface area contributed by atoms with E-state index in [-0.39, 0.29) is 18.0 Å². The Hall–Kier alpha value is -1.22. The van der Waals surface area contributed by atoms with Crippen LogP contribution in [-0.4, -0.2) is 18.5 Å². The third-order valence-electron chi connectivity index (χ3n) is 2.64. The fourth-order valence-corrected chi connectivity index (χ4v) is 1.45. The van der Waals surface area contributed by atoms with Crippen molar-refractivity contribution in [3.63, 3.8) is 0 Å². The van der Waals surface area contributed by atoms with Crippen molar-refractivity contribution < 1.29 is 13.9 Å². The lowest BCUT2D eigenvalue weighted by Crippen LogP contribution is -2.26. The standard InChI is InChI=1S/C13H17FO2/c1-9-5-6-10(14)7-11(9)12(15)8-13(2,3)16-4/h5-7H,8H2,1-4H3. The summed E-state index contributed by atoms with van der Waals surface area (Å²) in [5.74, 6) is -0.479. The molecule has 0 amide bonds. The van der Waals surface area contributed by atoms with Crippen LogP contribution in [0, 0.1) is 12.7 Å². The maximum absolute atomic E-state index is 13.0. The molecule has 88 valence electrons. The maximum Gasteiger partial charge on any atom is 0.166 e. The summed E-state index contributed by atoms with van der Waals surface area (Å²) in [7, 11) is 1.56. The number of methoxy groups -OCH3 is 1. The third kappa shape index (κ3) is 3.14. The first-order chi connectivity index (χ1) is 7.35. The molecule has 1 aromatic rings. The Morgan fingerprint density at radius 1 is 1.44 bits per heavy atom. The average Bonchev–Trinajstić information content (AvgIpc) is 2.21. The second-order valence-corrected chi connectivity index (χ2v) is 4.52. The van der Waals surface area contributed by atoms with Crippen LogP contribution in [0.1, 0.15) is 36.2 Å². The molecule has 0 spiro atoms. The Balaban J connectivity index is 2.93. The molecule has 0 aliphatic heterocycles. The first-order valence-electron chi connectivity index (χ1n) is 5.20. The van der Waals surface area contributed by atoms with Crippen LogP contribution in [0.25, 0.3) is 0 Å². The molecule has 0 fully saturated rings. The number of carbonyl (C=O) groups is 1. The number of aryl methyl sites for hydroxylation is 1. The monoisotopic (exact) mass is 224 g/mol. The van der Waals surface area contributed by atoms with Crippen molar-refractivity contribution >= 4 is 5.78 Å². The van der Waals surface area contributed by atoms with Crippen LogP contribution in [0.2, 0.25) is 0 Å². The first kappa shape index (κ1) is 12.8. The normalized spacial score (nSPS) is 11.6. The van der Waals surface area contributed by atoms with Gasteiger partial charge in [-0.25, -0.2) is 4.39 Å². The van der Waals surface area contributed by atoms with Crippen molar-refractivity contribution in [2.45, 2.75) is 32.8 Å². The van der Waals surface area contributed by atoms with E-state index < -0.39 is 5.60 Å². The molecule has 0 bridgehead atoms. The van der Waals surface area contributed by atoms with E-state index in [1.807, 2.05) is 13.8 Å². The van der Waals surface area contributed by atoms with Gasteiger partial charge in [-0.05, 0) is 38.5 Å². The topological polar surface area (TPSA) is 26.3 Å². The second-order valence-electron chi connectivity index (χ2n) is 4.52. The van der Waals surface area contributed by atoms with Gasteiger partial charge in [-0.2, -0.15) is 0 Å². The minimum atomic E-state index is -0.518. The molecule has 1 aromatic carbocycles. The van der Waals surface area contributed by atoms with Crippen LogP contribution in [0.5, 0.6) is 0 Å². The SMILES string of the molecule is COC(C)(C)CC(=O)c1cc(F)ccc1C. The van der Waals surface area contributed by atoms with E-state index in [1.165, 1.54) is 12.1 Å². The summed E-state index contributed by atoms with van der Waals surface area (Å²) < 4.78 is 18.2. The van der Waals surface area contributed by atoms with Crippen LogP contribution in [0.4, 0.5) is 4.39 Å². The van der Waals surface area contributed by atoms with Crippen LogP contribution in [-0.2, 0) is 4.74 Å². The molecule has 3 heteroatoms. The van der Waals surface area contributed by atoms with E-state index in [0.29, 0.717) is 5.56 Å². The lowest BCUT2D eigenvalue weighted by molar-refractivity contribution is 0.0172. The molecule has 0 saturated carbocycles. The van der Waals surface area contributed by atoms with Gasteiger partial charge in [0.1, 0.15) is 5.82 Å². The number of ketones is 1. The molecular weight excluding hydrogens is 207 g/mol. The van der Waals surface area contributed by atoms with Gasteiger partial charge in [0, 0.05) is 19.1 Å². The highest BCUT2D eigenvalue weighted by atomic mass is 19.1. The molecule has 0 aliphatic carbocycles. The zero-order valence-electron chi connectivity index (χ0n) is 10.1. The Morgan fingerprint density at radius 3 is 2.62 bits per heavy atom. The van der Waals surface area contributed by atoms with Gasteiger partial charge in [0.15, 0.2) is 5.78 Å². The van der Waals surface area contributed by atoms with Gasteiger partial charge in [-0.15, -0.1) is 0 Å².